The highest BCUT2D eigenvalue weighted by Crippen LogP contribution is 2.49. The first kappa shape index (κ1) is 19.7. The Morgan fingerprint density at radius 3 is 2.16 bits per heavy atom. The SMILES string of the molecule is Cc1ccc(-c2cn(-c3ccc4c(c3)C(C)(C)c3ccccc3-4)c(-c3ccc(C)s3)n2)s1. The lowest BCUT2D eigenvalue weighted by molar-refractivity contribution is 0.659. The Bertz CT molecular complexity index is 1480. The van der Waals surface area contributed by atoms with E-state index in [0.717, 1.165) is 17.2 Å². The number of benzene rings is 2. The molecule has 0 saturated carbocycles. The summed E-state index contributed by atoms with van der Waals surface area (Å²) in [7, 11) is 0. The molecule has 1 aliphatic rings. The summed E-state index contributed by atoms with van der Waals surface area (Å²) in [5.41, 5.74) is 7.67. The van der Waals surface area contributed by atoms with Crippen molar-refractivity contribution in [3.63, 3.8) is 0 Å². The molecule has 0 bridgehead atoms. The number of aromatic nitrogens is 2. The first-order chi connectivity index (χ1) is 15.4. The maximum absolute atomic E-state index is 5.11. The summed E-state index contributed by atoms with van der Waals surface area (Å²) in [4.78, 5) is 10.1. The molecule has 2 nitrogen and oxygen atoms in total. The third-order valence-electron chi connectivity index (χ3n) is 6.50. The Hall–Kier alpha value is -2.95. The van der Waals surface area contributed by atoms with Gasteiger partial charge in [-0.25, -0.2) is 4.98 Å². The number of fused-ring (bicyclic) bond motifs is 3. The van der Waals surface area contributed by atoms with Gasteiger partial charge in [0.2, 0.25) is 0 Å². The number of hydrogen-bond donors (Lipinski definition) is 0. The van der Waals surface area contributed by atoms with Crippen LogP contribution in [-0.2, 0) is 5.41 Å². The molecule has 32 heavy (non-hydrogen) atoms. The van der Waals surface area contributed by atoms with Crippen LogP contribution >= 0.6 is 22.7 Å². The van der Waals surface area contributed by atoms with Crippen LogP contribution in [0.4, 0.5) is 0 Å². The lowest BCUT2D eigenvalue weighted by atomic mass is 9.82. The van der Waals surface area contributed by atoms with E-state index in [9.17, 15) is 0 Å². The Morgan fingerprint density at radius 1 is 0.750 bits per heavy atom. The van der Waals surface area contributed by atoms with Gasteiger partial charge in [0.15, 0.2) is 5.82 Å². The van der Waals surface area contributed by atoms with Gasteiger partial charge >= 0.3 is 0 Å². The molecule has 6 rings (SSSR count). The van der Waals surface area contributed by atoms with Gasteiger partial charge in [0.05, 0.1) is 15.4 Å². The lowest BCUT2D eigenvalue weighted by Crippen LogP contribution is -2.15. The minimum atomic E-state index is -0.0180. The number of imidazole rings is 1. The summed E-state index contributed by atoms with van der Waals surface area (Å²) in [5, 5.41) is 0. The van der Waals surface area contributed by atoms with Crippen LogP contribution in [0.2, 0.25) is 0 Å². The van der Waals surface area contributed by atoms with E-state index in [1.54, 1.807) is 22.7 Å². The molecule has 4 heteroatoms. The molecule has 0 atom stereocenters. The molecular formula is C28H24N2S2. The molecule has 0 fully saturated rings. The molecule has 5 aromatic rings. The Labute approximate surface area is 196 Å². The molecular weight excluding hydrogens is 428 g/mol. The van der Waals surface area contributed by atoms with Crippen molar-refractivity contribution in [2.45, 2.75) is 33.1 Å². The largest absolute Gasteiger partial charge is 0.298 e. The summed E-state index contributed by atoms with van der Waals surface area (Å²) < 4.78 is 2.27. The Morgan fingerprint density at radius 2 is 1.44 bits per heavy atom. The van der Waals surface area contributed by atoms with Crippen molar-refractivity contribution in [2.75, 3.05) is 0 Å². The summed E-state index contributed by atoms with van der Waals surface area (Å²) >= 11 is 3.60. The third kappa shape index (κ3) is 2.94. The predicted molar refractivity (Wildman–Crippen MR) is 137 cm³/mol. The normalized spacial score (nSPS) is 13.9. The molecule has 0 N–H and O–H groups in total. The third-order valence-corrected chi connectivity index (χ3v) is 8.52. The maximum Gasteiger partial charge on any atom is 0.155 e. The van der Waals surface area contributed by atoms with Crippen molar-refractivity contribution in [3.8, 4) is 38.1 Å². The van der Waals surface area contributed by atoms with Crippen molar-refractivity contribution in [2.24, 2.45) is 0 Å². The quantitative estimate of drug-likeness (QED) is 0.269. The number of nitrogens with zero attached hydrogens (tertiary/aromatic N) is 2. The molecule has 158 valence electrons. The molecule has 0 radical (unpaired) electrons. The first-order valence-electron chi connectivity index (χ1n) is 10.9. The zero-order valence-electron chi connectivity index (χ0n) is 18.6. The van der Waals surface area contributed by atoms with Crippen molar-refractivity contribution in [1.29, 1.82) is 0 Å². The van der Waals surface area contributed by atoms with Crippen LogP contribution < -0.4 is 0 Å². The molecule has 0 amide bonds. The average molecular weight is 453 g/mol. The second kappa shape index (κ2) is 7.03. The van der Waals surface area contributed by atoms with Gasteiger partial charge in [-0.05, 0) is 72.5 Å². The van der Waals surface area contributed by atoms with Crippen molar-refractivity contribution < 1.29 is 0 Å². The highest BCUT2D eigenvalue weighted by atomic mass is 32.1. The number of rotatable bonds is 3. The fourth-order valence-electron chi connectivity index (χ4n) is 4.84. The Kier molecular flexibility index (Phi) is 4.33. The van der Waals surface area contributed by atoms with E-state index in [1.807, 2.05) is 0 Å². The summed E-state index contributed by atoms with van der Waals surface area (Å²) in [6.45, 7) is 8.96. The number of aryl methyl sites for hydroxylation is 2. The van der Waals surface area contributed by atoms with Crippen LogP contribution in [0, 0.1) is 13.8 Å². The van der Waals surface area contributed by atoms with Gasteiger partial charge in [-0.2, -0.15) is 0 Å². The fraction of sp³-hybridized carbons (Fsp3) is 0.179. The van der Waals surface area contributed by atoms with Crippen molar-refractivity contribution in [1.82, 2.24) is 9.55 Å². The molecule has 1 aliphatic carbocycles. The van der Waals surface area contributed by atoms with Crippen LogP contribution in [0.5, 0.6) is 0 Å². The molecule has 0 saturated heterocycles. The van der Waals surface area contributed by atoms with E-state index in [-0.39, 0.29) is 5.41 Å². The monoisotopic (exact) mass is 452 g/mol. The van der Waals surface area contributed by atoms with E-state index in [4.69, 9.17) is 4.98 Å². The second-order valence-corrected chi connectivity index (χ2v) is 11.6. The minimum Gasteiger partial charge on any atom is -0.298 e. The number of hydrogen-bond acceptors (Lipinski definition) is 3. The van der Waals surface area contributed by atoms with Gasteiger partial charge in [-0.3, -0.25) is 4.57 Å². The highest BCUT2D eigenvalue weighted by molar-refractivity contribution is 7.15. The smallest absolute Gasteiger partial charge is 0.155 e. The van der Waals surface area contributed by atoms with E-state index >= 15 is 0 Å². The standard InChI is InChI=1S/C28H24N2S2/c1-17-9-13-25(31-17)24-16-30(27(29-24)26-14-10-18(2)32-26)19-11-12-21-20-7-5-6-8-22(20)28(3,4)23(21)15-19/h5-16H,1-4H3. The van der Waals surface area contributed by atoms with Crippen LogP contribution in [0.3, 0.4) is 0 Å². The van der Waals surface area contributed by atoms with Gasteiger partial charge < -0.3 is 0 Å². The summed E-state index contributed by atoms with van der Waals surface area (Å²) in [5.74, 6) is 1.01. The summed E-state index contributed by atoms with van der Waals surface area (Å²) in [6.07, 6.45) is 2.20. The van der Waals surface area contributed by atoms with Gasteiger partial charge in [0.1, 0.15) is 0 Å². The van der Waals surface area contributed by atoms with Crippen molar-refractivity contribution >= 4 is 22.7 Å². The molecule has 2 aromatic carbocycles. The topological polar surface area (TPSA) is 17.8 Å². The van der Waals surface area contributed by atoms with Crippen LogP contribution in [0.15, 0.2) is 72.9 Å². The first-order valence-corrected chi connectivity index (χ1v) is 12.5. The highest BCUT2D eigenvalue weighted by Gasteiger charge is 2.35. The van der Waals surface area contributed by atoms with Gasteiger partial charge in [0, 0.05) is 27.1 Å². The van der Waals surface area contributed by atoms with E-state index in [0.29, 0.717) is 0 Å². The lowest BCUT2D eigenvalue weighted by Gasteiger charge is -2.22. The van der Waals surface area contributed by atoms with Gasteiger partial charge in [-0.1, -0.05) is 44.2 Å². The van der Waals surface area contributed by atoms with Gasteiger partial charge in [0.25, 0.3) is 0 Å². The average Bonchev–Trinajstić information content (AvgIpc) is 3.55. The zero-order valence-corrected chi connectivity index (χ0v) is 20.3. The maximum atomic E-state index is 5.11. The minimum absolute atomic E-state index is 0.0180. The molecule has 0 unspecified atom stereocenters. The summed E-state index contributed by atoms with van der Waals surface area (Å²) in [6, 6.07) is 24.4. The molecule has 0 aliphatic heterocycles. The van der Waals surface area contributed by atoms with Gasteiger partial charge in [-0.15, -0.1) is 22.7 Å². The van der Waals surface area contributed by atoms with E-state index in [2.05, 4.69) is 105 Å². The van der Waals surface area contributed by atoms with E-state index in [1.165, 1.54) is 41.8 Å². The predicted octanol–water partition coefficient (Wildman–Crippen LogP) is 8.25. The van der Waals surface area contributed by atoms with E-state index < -0.39 is 0 Å². The Balaban J connectivity index is 1.55. The van der Waals surface area contributed by atoms with Crippen LogP contribution in [0.25, 0.3) is 38.1 Å². The number of thiophene rings is 2. The zero-order chi connectivity index (χ0) is 22.0. The van der Waals surface area contributed by atoms with Crippen LogP contribution in [-0.4, -0.2) is 9.55 Å². The molecule has 3 aromatic heterocycles. The molecule has 0 spiro atoms. The fourth-order valence-corrected chi connectivity index (χ4v) is 6.51. The van der Waals surface area contributed by atoms with Crippen LogP contribution in [0.1, 0.15) is 34.7 Å². The van der Waals surface area contributed by atoms with Crippen molar-refractivity contribution in [3.05, 3.63) is 93.8 Å². The molecule has 3 heterocycles. The second-order valence-electron chi connectivity index (χ2n) is 9.04.